The monoisotopic (exact) mass is 475 g/mol. The molecule has 1 aliphatic carbocycles. The molecule has 2 aliphatic rings. The number of alkyl halides is 6. The third kappa shape index (κ3) is 5.46. The van der Waals surface area contributed by atoms with E-state index in [2.05, 4.69) is 21.2 Å². The van der Waals surface area contributed by atoms with Crippen LogP contribution in [0.4, 0.5) is 22.0 Å². The Kier molecular flexibility index (Phi) is 8.73. The Morgan fingerprint density at radius 1 is 1.25 bits per heavy atom. The van der Waals surface area contributed by atoms with E-state index in [4.69, 9.17) is 4.74 Å². The first-order chi connectivity index (χ1) is 13.2. The van der Waals surface area contributed by atoms with E-state index in [0.717, 1.165) is 19.3 Å². The lowest BCUT2D eigenvalue weighted by Gasteiger charge is -2.49. The summed E-state index contributed by atoms with van der Waals surface area (Å²) in [6.45, 7) is 1.47. The summed E-state index contributed by atoms with van der Waals surface area (Å²) in [6, 6.07) is -4.01. The van der Waals surface area contributed by atoms with Gasteiger partial charge in [0.2, 0.25) is 0 Å². The van der Waals surface area contributed by atoms with Gasteiger partial charge in [-0.1, -0.05) is 60.2 Å². The number of carbonyl (C=O) groups excluding carboxylic acids is 1. The van der Waals surface area contributed by atoms with E-state index < -0.39 is 48.4 Å². The molecule has 5 atom stereocenters. The van der Waals surface area contributed by atoms with Gasteiger partial charge in [-0.15, -0.1) is 0 Å². The molecule has 0 aromatic carbocycles. The van der Waals surface area contributed by atoms with Crippen LogP contribution in [-0.4, -0.2) is 42.6 Å². The summed E-state index contributed by atoms with van der Waals surface area (Å²) >= 11 is 3.20. The van der Waals surface area contributed by atoms with Gasteiger partial charge in [0.15, 0.2) is 0 Å². The number of rotatable bonds is 6. The zero-order chi connectivity index (χ0) is 20.9. The molecule has 1 aliphatic heterocycles. The van der Waals surface area contributed by atoms with Gasteiger partial charge in [0.05, 0.1) is 18.6 Å². The average Bonchev–Trinajstić information content (AvgIpc) is 2.65. The maximum absolute atomic E-state index is 13.8. The Hall–Kier alpha value is -0.700. The van der Waals surface area contributed by atoms with Gasteiger partial charge < -0.3 is 4.74 Å². The number of halogens is 6. The van der Waals surface area contributed by atoms with Crippen molar-refractivity contribution < 1.29 is 31.5 Å². The largest absolute Gasteiger partial charge is 0.466 e. The van der Waals surface area contributed by atoms with Crippen LogP contribution >= 0.6 is 15.9 Å². The van der Waals surface area contributed by atoms with Crippen LogP contribution in [0.3, 0.4) is 0 Å². The van der Waals surface area contributed by atoms with Crippen LogP contribution < -0.4 is 5.32 Å². The zero-order valence-corrected chi connectivity index (χ0v) is 17.3. The molecule has 0 amide bonds. The van der Waals surface area contributed by atoms with E-state index in [1.807, 2.05) is 0 Å². The Balaban J connectivity index is 2.54. The van der Waals surface area contributed by atoms with Crippen LogP contribution in [0.5, 0.6) is 0 Å². The molecular weight excluding hydrogens is 449 g/mol. The van der Waals surface area contributed by atoms with Crippen LogP contribution in [-0.2, 0) is 9.53 Å². The molecular formula is C19H27BrF5NO2. The third-order valence-electron chi connectivity index (χ3n) is 5.83. The topological polar surface area (TPSA) is 38.3 Å². The smallest absolute Gasteiger partial charge is 0.404 e. The lowest BCUT2D eigenvalue weighted by molar-refractivity contribution is -0.205. The van der Waals surface area contributed by atoms with E-state index in [1.54, 1.807) is 6.08 Å². The summed E-state index contributed by atoms with van der Waals surface area (Å²) in [4.78, 5) is 12.6. The van der Waals surface area contributed by atoms with Crippen molar-refractivity contribution >= 4 is 21.9 Å². The second-order valence-corrected chi connectivity index (χ2v) is 8.11. The molecule has 1 saturated heterocycles. The minimum atomic E-state index is -4.83. The summed E-state index contributed by atoms with van der Waals surface area (Å²) < 4.78 is 74.0. The van der Waals surface area contributed by atoms with Crippen molar-refractivity contribution in [1.29, 1.82) is 0 Å². The Bertz CT molecular complexity index is 537. The maximum Gasteiger partial charge on any atom is 0.404 e. The van der Waals surface area contributed by atoms with Gasteiger partial charge in [-0.25, -0.2) is 8.78 Å². The average molecular weight is 476 g/mol. The van der Waals surface area contributed by atoms with E-state index in [-0.39, 0.29) is 12.5 Å². The first-order valence-electron chi connectivity index (χ1n) is 9.72. The number of piperidine rings is 1. The molecule has 3 nitrogen and oxygen atoms in total. The van der Waals surface area contributed by atoms with E-state index in [1.165, 1.54) is 13.0 Å². The summed E-state index contributed by atoms with van der Waals surface area (Å²) in [5.41, 5.74) is 0. The number of esters is 1. The molecule has 162 valence electrons. The van der Waals surface area contributed by atoms with Crippen molar-refractivity contribution in [2.75, 3.05) is 11.9 Å². The molecule has 1 saturated carbocycles. The number of carbonyl (C=O) groups is 1. The predicted molar refractivity (Wildman–Crippen MR) is 99.4 cm³/mol. The highest BCUT2D eigenvalue weighted by Gasteiger charge is 2.59. The van der Waals surface area contributed by atoms with Gasteiger partial charge in [-0.3, -0.25) is 10.1 Å². The Morgan fingerprint density at radius 3 is 2.39 bits per heavy atom. The molecule has 0 aromatic rings. The van der Waals surface area contributed by atoms with Crippen molar-refractivity contribution in [1.82, 2.24) is 5.32 Å². The standard InChI is InChI=1S/C19H27BrF5NO2/c1-2-28-18(27)14-13(11-7-4-3-5-8-11)12(9-6-10-20)15(17(21)22)26-16(14)19(23,24)25/h6,9,11-17,26H,2-5,7-8,10H2,1H3/b9-6+. The third-order valence-corrected chi connectivity index (χ3v) is 6.20. The van der Waals surface area contributed by atoms with Crippen LogP contribution in [0, 0.1) is 23.7 Å². The van der Waals surface area contributed by atoms with Gasteiger partial charge in [-0.05, 0) is 18.8 Å². The van der Waals surface area contributed by atoms with Gasteiger partial charge in [0, 0.05) is 11.2 Å². The van der Waals surface area contributed by atoms with E-state index >= 15 is 0 Å². The highest BCUT2D eigenvalue weighted by Crippen LogP contribution is 2.48. The lowest BCUT2D eigenvalue weighted by Crippen LogP contribution is -2.66. The normalized spacial score (nSPS) is 32.8. The van der Waals surface area contributed by atoms with Crippen LogP contribution in [0.2, 0.25) is 0 Å². The van der Waals surface area contributed by atoms with Crippen molar-refractivity contribution in [3.05, 3.63) is 12.2 Å². The first kappa shape index (κ1) is 23.6. The number of ether oxygens (including phenoxy) is 1. The van der Waals surface area contributed by atoms with Gasteiger partial charge in [0.1, 0.15) is 6.04 Å². The van der Waals surface area contributed by atoms with E-state index in [9.17, 15) is 26.7 Å². The predicted octanol–water partition coefficient (Wildman–Crippen LogP) is 5.10. The zero-order valence-electron chi connectivity index (χ0n) is 15.7. The minimum Gasteiger partial charge on any atom is -0.466 e. The summed E-state index contributed by atoms with van der Waals surface area (Å²) in [7, 11) is 0. The second kappa shape index (κ2) is 10.4. The van der Waals surface area contributed by atoms with Crippen LogP contribution in [0.1, 0.15) is 39.0 Å². The molecule has 5 unspecified atom stereocenters. The molecule has 9 heteroatoms. The molecule has 1 N–H and O–H groups in total. The Morgan fingerprint density at radius 2 is 1.89 bits per heavy atom. The molecule has 0 aromatic heterocycles. The number of allylic oxidation sites excluding steroid dienone is 1. The Labute approximate surface area is 170 Å². The van der Waals surface area contributed by atoms with Gasteiger partial charge >= 0.3 is 12.1 Å². The number of hydrogen-bond donors (Lipinski definition) is 1. The van der Waals surface area contributed by atoms with Gasteiger partial charge in [0.25, 0.3) is 6.43 Å². The molecule has 2 fully saturated rings. The van der Waals surface area contributed by atoms with Crippen molar-refractivity contribution in [2.45, 2.75) is 63.7 Å². The number of nitrogens with one attached hydrogen (secondary N) is 1. The van der Waals surface area contributed by atoms with Crippen molar-refractivity contribution in [3.63, 3.8) is 0 Å². The molecule has 28 heavy (non-hydrogen) atoms. The summed E-state index contributed by atoms with van der Waals surface area (Å²) in [5, 5.41) is 2.46. The molecule has 1 heterocycles. The lowest BCUT2D eigenvalue weighted by atomic mass is 9.62. The molecule has 0 radical (unpaired) electrons. The fourth-order valence-electron chi connectivity index (χ4n) is 4.78. The van der Waals surface area contributed by atoms with Crippen LogP contribution in [0.15, 0.2) is 12.2 Å². The SMILES string of the molecule is CCOC(=O)C1C(C2CCCCC2)C(/C=C/CBr)C(C(F)F)NC1C(F)(F)F. The molecule has 0 spiro atoms. The highest BCUT2D eigenvalue weighted by atomic mass is 79.9. The highest BCUT2D eigenvalue weighted by molar-refractivity contribution is 9.09. The fraction of sp³-hybridized carbons (Fsp3) is 0.842. The van der Waals surface area contributed by atoms with Gasteiger partial charge in [-0.2, -0.15) is 13.2 Å². The maximum atomic E-state index is 13.8. The summed E-state index contributed by atoms with van der Waals surface area (Å²) in [5.74, 6) is -4.45. The van der Waals surface area contributed by atoms with Crippen LogP contribution in [0.25, 0.3) is 0 Å². The van der Waals surface area contributed by atoms with E-state index in [0.29, 0.717) is 18.2 Å². The fourth-order valence-corrected chi connectivity index (χ4v) is 4.99. The van der Waals surface area contributed by atoms with Crippen molar-refractivity contribution in [3.8, 4) is 0 Å². The first-order valence-corrected chi connectivity index (χ1v) is 10.8. The molecule has 2 rings (SSSR count). The molecule has 0 bridgehead atoms. The summed E-state index contributed by atoms with van der Waals surface area (Å²) in [6.07, 6.45) is -0.756. The second-order valence-electron chi connectivity index (χ2n) is 7.46. The quantitative estimate of drug-likeness (QED) is 0.251. The van der Waals surface area contributed by atoms with Crippen molar-refractivity contribution in [2.24, 2.45) is 23.7 Å². The number of hydrogen-bond acceptors (Lipinski definition) is 3. The minimum absolute atomic E-state index is 0.0581.